The van der Waals surface area contributed by atoms with Crippen LogP contribution in [-0.4, -0.2) is 37.0 Å². The maximum atomic E-state index is 13.2. The smallest absolute Gasteiger partial charge is 0.242 e. The lowest BCUT2D eigenvalue weighted by Crippen LogP contribution is -2.50. The van der Waals surface area contributed by atoms with E-state index in [-0.39, 0.29) is 35.6 Å². The van der Waals surface area contributed by atoms with Gasteiger partial charge in [-0.3, -0.25) is 9.59 Å². The number of hydrogen-bond donors (Lipinski definition) is 3. The van der Waals surface area contributed by atoms with Gasteiger partial charge in [0.25, 0.3) is 0 Å². The van der Waals surface area contributed by atoms with E-state index in [9.17, 15) is 9.59 Å². The van der Waals surface area contributed by atoms with Crippen LogP contribution in [0.2, 0.25) is 0 Å². The average molecular weight is 484 g/mol. The first-order valence-electron chi connectivity index (χ1n) is 13.1. The van der Waals surface area contributed by atoms with Crippen molar-refractivity contribution < 1.29 is 14.3 Å². The number of carbonyl (C=O) groups excluding carboxylic acids is 2. The van der Waals surface area contributed by atoms with Gasteiger partial charge < -0.3 is 21.1 Å². The first kappa shape index (κ1) is 28.8. The lowest BCUT2D eigenvalue weighted by atomic mass is 9.88. The molecule has 1 aromatic carbocycles. The van der Waals surface area contributed by atoms with Gasteiger partial charge in [-0.25, -0.2) is 0 Å². The Bertz CT molecular complexity index is 833. The number of benzene rings is 1. The Morgan fingerprint density at radius 2 is 1.77 bits per heavy atom. The summed E-state index contributed by atoms with van der Waals surface area (Å²) in [6.07, 6.45) is 10.3. The average Bonchev–Trinajstić information content (AvgIpc) is 2.83. The van der Waals surface area contributed by atoms with Crippen LogP contribution in [-0.2, 0) is 20.9 Å². The molecule has 6 heteroatoms. The van der Waals surface area contributed by atoms with Crippen molar-refractivity contribution in [2.75, 3.05) is 13.2 Å². The van der Waals surface area contributed by atoms with Gasteiger partial charge in [0.05, 0.1) is 13.2 Å². The Kier molecular flexibility index (Phi) is 12.8. The molecule has 35 heavy (non-hydrogen) atoms. The Morgan fingerprint density at radius 1 is 1.03 bits per heavy atom. The van der Waals surface area contributed by atoms with Crippen LogP contribution in [0.5, 0.6) is 0 Å². The maximum Gasteiger partial charge on any atom is 0.242 e. The second kappa shape index (κ2) is 15.5. The molecule has 1 unspecified atom stereocenters. The third-order valence-corrected chi connectivity index (χ3v) is 6.31. The van der Waals surface area contributed by atoms with Crippen molar-refractivity contribution in [2.45, 2.75) is 78.5 Å². The highest BCUT2D eigenvalue weighted by molar-refractivity contribution is 5.88. The lowest BCUT2D eigenvalue weighted by molar-refractivity contribution is -0.132. The molecular formula is C29H45N3O3. The molecule has 0 aromatic heterocycles. The molecule has 0 fully saturated rings. The fraction of sp³-hybridized carbons (Fsp3) is 0.586. The standard InChI is InChI=1S/C29H45N3O3/c1-21(2)17-27(29(34)31-18-23-11-7-5-8-12-23)32-28(33)26(22(3)4)16-15-25(30)20-35-19-24-13-9-6-10-14-24/h6-7,9-14,21-22,25-27H,5,8,15-20,30H2,1-4H3,(H,31,34)(H,32,33)/t25?,26-,27-/m0/s1. The summed E-state index contributed by atoms with van der Waals surface area (Å²) < 4.78 is 5.76. The van der Waals surface area contributed by atoms with Crippen LogP contribution in [0.15, 0.2) is 54.1 Å². The first-order chi connectivity index (χ1) is 16.8. The monoisotopic (exact) mass is 483 g/mol. The predicted molar refractivity (Wildman–Crippen MR) is 142 cm³/mol. The molecule has 0 bridgehead atoms. The number of amides is 2. The second-order valence-electron chi connectivity index (χ2n) is 10.4. The number of ether oxygens (including phenoxy) is 1. The third-order valence-electron chi connectivity index (χ3n) is 6.31. The summed E-state index contributed by atoms with van der Waals surface area (Å²) in [5, 5.41) is 6.05. The van der Waals surface area contributed by atoms with E-state index in [1.807, 2.05) is 44.2 Å². The largest absolute Gasteiger partial charge is 0.375 e. The van der Waals surface area contributed by atoms with Crippen molar-refractivity contribution >= 4 is 11.8 Å². The van der Waals surface area contributed by atoms with Crippen molar-refractivity contribution in [1.29, 1.82) is 0 Å². The summed E-state index contributed by atoms with van der Waals surface area (Å²) in [7, 11) is 0. The minimum Gasteiger partial charge on any atom is -0.375 e. The number of carbonyl (C=O) groups is 2. The molecule has 0 saturated heterocycles. The molecule has 1 aliphatic rings. The van der Waals surface area contributed by atoms with E-state index >= 15 is 0 Å². The number of rotatable bonds is 15. The molecule has 6 nitrogen and oxygen atoms in total. The number of nitrogens with one attached hydrogen (secondary N) is 2. The van der Waals surface area contributed by atoms with Crippen LogP contribution in [0.25, 0.3) is 0 Å². The van der Waals surface area contributed by atoms with Gasteiger partial charge in [0, 0.05) is 18.5 Å². The quantitative estimate of drug-likeness (QED) is 0.342. The molecule has 3 atom stereocenters. The highest BCUT2D eigenvalue weighted by Gasteiger charge is 2.28. The van der Waals surface area contributed by atoms with Gasteiger partial charge >= 0.3 is 0 Å². The van der Waals surface area contributed by atoms with E-state index in [0.29, 0.717) is 39.0 Å². The molecule has 1 aliphatic carbocycles. The molecule has 2 rings (SSSR count). The van der Waals surface area contributed by atoms with Crippen LogP contribution in [0, 0.1) is 17.8 Å². The minimum absolute atomic E-state index is 0.0741. The van der Waals surface area contributed by atoms with Gasteiger partial charge in [0.15, 0.2) is 0 Å². The molecule has 2 amide bonds. The summed E-state index contributed by atoms with van der Waals surface area (Å²) in [6, 6.07) is 9.32. The number of nitrogens with two attached hydrogens (primary N) is 1. The Morgan fingerprint density at radius 3 is 2.40 bits per heavy atom. The zero-order chi connectivity index (χ0) is 25.6. The van der Waals surface area contributed by atoms with Crippen LogP contribution < -0.4 is 16.4 Å². The highest BCUT2D eigenvalue weighted by Crippen LogP contribution is 2.20. The van der Waals surface area contributed by atoms with E-state index < -0.39 is 6.04 Å². The SMILES string of the molecule is CC(C)C[C@H](NC(=O)[C@@H](CCC(N)COCc1ccccc1)C(C)C)C(=O)NCC1=CCCC=C1. The van der Waals surface area contributed by atoms with E-state index in [1.165, 1.54) is 0 Å². The van der Waals surface area contributed by atoms with Gasteiger partial charge in [-0.1, -0.05) is 76.3 Å². The second-order valence-corrected chi connectivity index (χ2v) is 10.4. The molecule has 0 radical (unpaired) electrons. The van der Waals surface area contributed by atoms with Gasteiger partial charge in [-0.15, -0.1) is 0 Å². The van der Waals surface area contributed by atoms with Crippen LogP contribution >= 0.6 is 0 Å². The molecule has 0 saturated carbocycles. The van der Waals surface area contributed by atoms with Crippen molar-refractivity contribution in [3.05, 3.63) is 59.7 Å². The van der Waals surface area contributed by atoms with Gasteiger partial charge in [-0.2, -0.15) is 0 Å². The summed E-state index contributed by atoms with van der Waals surface area (Å²) in [5.74, 6) is 0.0253. The number of allylic oxidation sites excluding steroid dienone is 2. The predicted octanol–water partition coefficient (Wildman–Crippen LogP) is 4.51. The molecule has 0 spiro atoms. The zero-order valence-corrected chi connectivity index (χ0v) is 22.0. The number of hydrogen-bond acceptors (Lipinski definition) is 4. The van der Waals surface area contributed by atoms with Crippen molar-refractivity contribution in [3.8, 4) is 0 Å². The normalized spacial score (nSPS) is 16.0. The molecular weight excluding hydrogens is 438 g/mol. The third kappa shape index (κ3) is 11.2. The van der Waals surface area contributed by atoms with Crippen LogP contribution in [0.3, 0.4) is 0 Å². The lowest BCUT2D eigenvalue weighted by Gasteiger charge is -2.26. The summed E-state index contributed by atoms with van der Waals surface area (Å²) in [4.78, 5) is 26.1. The minimum atomic E-state index is -0.542. The van der Waals surface area contributed by atoms with E-state index in [4.69, 9.17) is 10.5 Å². The molecule has 1 aromatic rings. The fourth-order valence-corrected chi connectivity index (χ4v) is 4.24. The highest BCUT2D eigenvalue weighted by atomic mass is 16.5. The van der Waals surface area contributed by atoms with Gasteiger partial charge in [0.2, 0.25) is 11.8 Å². The van der Waals surface area contributed by atoms with E-state index in [1.54, 1.807) is 0 Å². The van der Waals surface area contributed by atoms with Crippen molar-refractivity contribution in [1.82, 2.24) is 10.6 Å². The van der Waals surface area contributed by atoms with E-state index in [2.05, 4.69) is 42.7 Å². The van der Waals surface area contributed by atoms with Crippen LogP contribution in [0.1, 0.15) is 65.4 Å². The van der Waals surface area contributed by atoms with Crippen molar-refractivity contribution in [3.63, 3.8) is 0 Å². The first-order valence-corrected chi connectivity index (χ1v) is 13.1. The summed E-state index contributed by atoms with van der Waals surface area (Å²) >= 11 is 0. The zero-order valence-electron chi connectivity index (χ0n) is 22.0. The Balaban J connectivity index is 1.85. The van der Waals surface area contributed by atoms with Gasteiger partial charge in [-0.05, 0) is 55.1 Å². The Hall–Kier alpha value is -2.44. The summed E-state index contributed by atoms with van der Waals surface area (Å²) in [5.41, 5.74) is 8.51. The topological polar surface area (TPSA) is 93.5 Å². The summed E-state index contributed by atoms with van der Waals surface area (Å²) in [6.45, 7) is 9.68. The van der Waals surface area contributed by atoms with E-state index in [0.717, 1.165) is 24.0 Å². The molecule has 0 heterocycles. The molecule has 0 aliphatic heterocycles. The molecule has 4 N–H and O–H groups in total. The Labute approximate surface area is 211 Å². The van der Waals surface area contributed by atoms with Crippen molar-refractivity contribution in [2.24, 2.45) is 23.5 Å². The maximum absolute atomic E-state index is 13.2. The molecule has 194 valence electrons. The fourth-order valence-electron chi connectivity index (χ4n) is 4.24. The van der Waals surface area contributed by atoms with Crippen LogP contribution in [0.4, 0.5) is 0 Å². The van der Waals surface area contributed by atoms with Gasteiger partial charge in [0.1, 0.15) is 6.04 Å².